The first kappa shape index (κ1) is 27.7. The van der Waals surface area contributed by atoms with Crippen molar-refractivity contribution in [2.75, 3.05) is 13.2 Å². The molecule has 0 aromatic heterocycles. The minimum atomic E-state index is -1.63. The predicted molar refractivity (Wildman–Crippen MR) is 128 cm³/mol. The van der Waals surface area contributed by atoms with Crippen LogP contribution in [0.5, 0.6) is 0 Å². The first-order valence-electron chi connectivity index (χ1n) is 11.5. The van der Waals surface area contributed by atoms with Crippen LogP contribution in [0.1, 0.15) is 43.4 Å². The van der Waals surface area contributed by atoms with Gasteiger partial charge in [-0.15, -0.1) is 0 Å². The first-order chi connectivity index (χ1) is 17.6. The molecule has 0 bridgehead atoms. The number of aliphatic imine (C=N–C) groups is 1. The molecule has 1 aliphatic carbocycles. The van der Waals surface area contributed by atoms with Crippen molar-refractivity contribution in [3.05, 3.63) is 76.1 Å². The van der Waals surface area contributed by atoms with Crippen LogP contribution in [-0.4, -0.2) is 47.7 Å². The maximum Gasteiger partial charge on any atom is 0.408 e. The van der Waals surface area contributed by atoms with E-state index in [1.165, 1.54) is 13.8 Å². The smallest absolute Gasteiger partial charge is 0.408 e. The second-order valence-electron chi connectivity index (χ2n) is 8.47. The number of carbonyl (C=O) groups is 2. The van der Waals surface area contributed by atoms with Gasteiger partial charge in [-0.1, -0.05) is 30.3 Å². The molecular weight excluding hydrogens is 493 g/mol. The molecule has 3 rings (SSSR count). The number of carbonyl (C=O) groups excluding carboxylic acids is 2. The lowest BCUT2D eigenvalue weighted by molar-refractivity contribution is -0.137. The third-order valence-electron chi connectivity index (χ3n) is 5.67. The van der Waals surface area contributed by atoms with E-state index in [1.807, 2.05) is 0 Å². The van der Waals surface area contributed by atoms with E-state index in [2.05, 4.69) is 10.3 Å². The maximum atomic E-state index is 15.2. The molecule has 0 saturated heterocycles. The van der Waals surface area contributed by atoms with Crippen molar-refractivity contribution in [2.24, 2.45) is 4.99 Å². The Kier molecular flexibility index (Phi) is 8.93. The number of ether oxygens (including phenoxy) is 2. The van der Waals surface area contributed by atoms with Gasteiger partial charge in [0.1, 0.15) is 23.8 Å². The lowest BCUT2D eigenvalue weighted by Crippen LogP contribution is -2.37. The van der Waals surface area contributed by atoms with Crippen LogP contribution in [0.3, 0.4) is 0 Å². The molecule has 37 heavy (non-hydrogen) atoms. The fourth-order valence-corrected chi connectivity index (χ4v) is 3.54. The molecule has 2 aromatic carbocycles. The fourth-order valence-electron chi connectivity index (χ4n) is 3.54. The third-order valence-corrected chi connectivity index (χ3v) is 5.67. The molecule has 3 N–H and O–H groups in total. The number of rotatable bonds is 10. The van der Waals surface area contributed by atoms with Crippen LogP contribution >= 0.6 is 0 Å². The van der Waals surface area contributed by atoms with E-state index in [1.54, 1.807) is 30.3 Å². The molecule has 1 unspecified atom stereocenters. The summed E-state index contributed by atoms with van der Waals surface area (Å²) in [6.07, 6.45) is 0.152. The Bertz CT molecular complexity index is 1210. The second kappa shape index (κ2) is 11.9. The van der Waals surface area contributed by atoms with Gasteiger partial charge in [-0.3, -0.25) is 4.99 Å². The van der Waals surface area contributed by atoms with E-state index in [4.69, 9.17) is 14.6 Å². The SMILES string of the molecule is CCOC(=O)/C(C=NC(C)CO)=C(/O)c1cc(F)c(C2(NC(=O)OCc3ccccc3)CC2)c(F)c1F. The van der Waals surface area contributed by atoms with Gasteiger partial charge in [-0.25, -0.2) is 22.8 Å². The maximum absolute atomic E-state index is 15.2. The fraction of sp³-hybridized carbons (Fsp3) is 0.346. The lowest BCUT2D eigenvalue weighted by Gasteiger charge is -2.20. The average Bonchev–Trinajstić information content (AvgIpc) is 3.65. The van der Waals surface area contributed by atoms with Crippen LogP contribution in [0.2, 0.25) is 0 Å². The summed E-state index contributed by atoms with van der Waals surface area (Å²) in [6.45, 7) is 2.42. The number of hydrogen-bond acceptors (Lipinski definition) is 7. The molecule has 1 saturated carbocycles. The van der Waals surface area contributed by atoms with E-state index in [0.29, 0.717) is 11.6 Å². The summed E-state index contributed by atoms with van der Waals surface area (Å²) in [6, 6.07) is 8.61. The van der Waals surface area contributed by atoms with Crippen molar-refractivity contribution in [3.63, 3.8) is 0 Å². The van der Waals surface area contributed by atoms with Gasteiger partial charge in [0.2, 0.25) is 0 Å². The molecule has 1 amide bonds. The first-order valence-corrected chi connectivity index (χ1v) is 11.5. The van der Waals surface area contributed by atoms with Crippen LogP contribution in [0.15, 0.2) is 47.0 Å². The zero-order chi connectivity index (χ0) is 27.2. The van der Waals surface area contributed by atoms with Gasteiger partial charge in [0.15, 0.2) is 11.6 Å². The topological polar surface area (TPSA) is 117 Å². The molecule has 1 atom stereocenters. The molecule has 8 nitrogen and oxygen atoms in total. The number of halogens is 3. The van der Waals surface area contributed by atoms with Gasteiger partial charge < -0.3 is 25.0 Å². The number of benzene rings is 2. The van der Waals surface area contributed by atoms with Crippen molar-refractivity contribution >= 4 is 24.0 Å². The molecule has 198 valence electrons. The molecule has 1 fully saturated rings. The summed E-state index contributed by atoms with van der Waals surface area (Å²) in [7, 11) is 0. The Morgan fingerprint density at radius 1 is 1.16 bits per heavy atom. The van der Waals surface area contributed by atoms with Crippen LogP contribution in [0, 0.1) is 17.5 Å². The van der Waals surface area contributed by atoms with Gasteiger partial charge in [-0.05, 0) is 38.3 Å². The van der Waals surface area contributed by atoms with E-state index in [9.17, 15) is 14.7 Å². The number of amides is 1. The lowest BCUT2D eigenvalue weighted by atomic mass is 9.98. The van der Waals surface area contributed by atoms with Gasteiger partial charge in [-0.2, -0.15) is 0 Å². The molecule has 0 spiro atoms. The quantitative estimate of drug-likeness (QED) is 0.141. The molecule has 2 aromatic rings. The summed E-state index contributed by atoms with van der Waals surface area (Å²) in [5, 5.41) is 22.1. The minimum absolute atomic E-state index is 0.0766. The Morgan fingerprint density at radius 2 is 1.84 bits per heavy atom. The van der Waals surface area contributed by atoms with Crippen LogP contribution in [0.4, 0.5) is 18.0 Å². The van der Waals surface area contributed by atoms with Crippen molar-refractivity contribution < 1.29 is 42.4 Å². The number of alkyl carbamates (subject to hydrolysis) is 1. The predicted octanol–water partition coefficient (Wildman–Crippen LogP) is 4.30. The number of nitrogens with one attached hydrogen (secondary N) is 1. The normalized spacial score (nSPS) is 15.6. The molecule has 0 radical (unpaired) electrons. The van der Waals surface area contributed by atoms with Crippen molar-refractivity contribution in [1.82, 2.24) is 5.32 Å². The number of esters is 1. The molecule has 1 aliphatic rings. The van der Waals surface area contributed by atoms with Gasteiger partial charge in [0, 0.05) is 6.21 Å². The number of aliphatic hydroxyl groups excluding tert-OH is 2. The monoisotopic (exact) mass is 520 g/mol. The Hall–Kier alpha value is -3.86. The summed E-state index contributed by atoms with van der Waals surface area (Å²) in [5.74, 6) is -6.73. The summed E-state index contributed by atoms with van der Waals surface area (Å²) in [5.41, 5.74) is -3.14. The summed E-state index contributed by atoms with van der Waals surface area (Å²) < 4.78 is 55.4. The third kappa shape index (κ3) is 6.48. The Morgan fingerprint density at radius 3 is 2.43 bits per heavy atom. The van der Waals surface area contributed by atoms with Gasteiger partial charge in [0.25, 0.3) is 0 Å². The van der Waals surface area contributed by atoms with Crippen LogP contribution < -0.4 is 5.32 Å². The largest absolute Gasteiger partial charge is 0.506 e. The average molecular weight is 521 g/mol. The molecule has 11 heteroatoms. The van der Waals surface area contributed by atoms with E-state index >= 15 is 13.2 Å². The standard InChI is InChI=1S/C26H27F3N2O6/c1-3-36-24(34)18(12-30-15(2)13-32)23(33)17-11-19(27)20(22(29)21(17)28)26(9-10-26)31-25(35)37-14-16-7-5-4-6-8-16/h4-8,11-12,15,32-33H,3,9-10,13-14H2,1-2H3,(H,31,35)/b23-18+,30-12?. The van der Waals surface area contributed by atoms with E-state index in [0.717, 1.165) is 6.21 Å². The molecule has 0 heterocycles. The van der Waals surface area contributed by atoms with E-state index in [-0.39, 0.29) is 32.7 Å². The van der Waals surface area contributed by atoms with Crippen molar-refractivity contribution in [3.8, 4) is 0 Å². The second-order valence-corrected chi connectivity index (χ2v) is 8.47. The highest BCUT2D eigenvalue weighted by Gasteiger charge is 2.51. The highest BCUT2D eigenvalue weighted by molar-refractivity contribution is 6.15. The zero-order valence-electron chi connectivity index (χ0n) is 20.3. The highest BCUT2D eigenvalue weighted by atomic mass is 19.2. The Labute approximate surface area is 211 Å². The number of aliphatic hydroxyl groups is 2. The summed E-state index contributed by atoms with van der Waals surface area (Å²) >= 11 is 0. The number of nitrogens with zero attached hydrogens (tertiary/aromatic N) is 1. The molecular formula is C26H27F3N2O6. The van der Waals surface area contributed by atoms with Crippen molar-refractivity contribution in [1.29, 1.82) is 0 Å². The highest BCUT2D eigenvalue weighted by Crippen LogP contribution is 2.48. The van der Waals surface area contributed by atoms with Crippen LogP contribution in [0.25, 0.3) is 5.76 Å². The molecule has 0 aliphatic heterocycles. The van der Waals surface area contributed by atoms with E-state index < -0.39 is 63.6 Å². The Balaban J connectivity index is 1.92. The zero-order valence-corrected chi connectivity index (χ0v) is 20.3. The van der Waals surface area contributed by atoms with Gasteiger partial charge in [0.05, 0.1) is 35.9 Å². The van der Waals surface area contributed by atoms with Crippen LogP contribution in [-0.2, 0) is 26.4 Å². The van der Waals surface area contributed by atoms with Gasteiger partial charge >= 0.3 is 12.1 Å². The van der Waals surface area contributed by atoms with Crippen molar-refractivity contribution in [2.45, 2.75) is 44.9 Å². The number of hydrogen-bond donors (Lipinski definition) is 3. The summed E-state index contributed by atoms with van der Waals surface area (Å²) in [4.78, 5) is 28.4. The minimum Gasteiger partial charge on any atom is -0.506 e.